The van der Waals surface area contributed by atoms with E-state index in [2.05, 4.69) is 5.32 Å². The number of amides is 1. The molecule has 122 valence electrons. The molecule has 0 bridgehead atoms. The van der Waals surface area contributed by atoms with Crippen LogP contribution in [0.4, 0.5) is 14.5 Å². The minimum absolute atomic E-state index is 0.0362. The molecule has 2 rings (SSSR count). The monoisotopic (exact) mass is 320 g/mol. The maximum absolute atomic E-state index is 13.1. The molecule has 0 saturated heterocycles. The molecule has 4 nitrogen and oxygen atoms in total. The Bertz CT molecular complexity index is 650. The van der Waals surface area contributed by atoms with Gasteiger partial charge >= 0.3 is 0 Å². The fourth-order valence-corrected chi connectivity index (χ4v) is 2.17. The predicted molar refractivity (Wildman–Crippen MR) is 83.8 cm³/mol. The molecule has 1 amide bonds. The van der Waals surface area contributed by atoms with Gasteiger partial charge in [-0.3, -0.25) is 9.69 Å². The quantitative estimate of drug-likeness (QED) is 0.824. The van der Waals surface area contributed by atoms with Gasteiger partial charge < -0.3 is 10.4 Å². The summed E-state index contributed by atoms with van der Waals surface area (Å²) in [5.74, 6) is -2.34. The van der Waals surface area contributed by atoms with E-state index in [-0.39, 0.29) is 24.7 Å². The summed E-state index contributed by atoms with van der Waals surface area (Å²) < 4.78 is 26.0. The summed E-state index contributed by atoms with van der Waals surface area (Å²) in [6, 6.07) is 12.7. The Morgan fingerprint density at radius 1 is 1.09 bits per heavy atom. The van der Waals surface area contributed by atoms with Crippen molar-refractivity contribution in [2.45, 2.75) is 6.54 Å². The second-order valence-corrected chi connectivity index (χ2v) is 5.10. The van der Waals surface area contributed by atoms with Gasteiger partial charge in [0, 0.05) is 24.8 Å². The smallest absolute Gasteiger partial charge is 0.238 e. The number of anilines is 1. The van der Waals surface area contributed by atoms with Crippen molar-refractivity contribution in [2.24, 2.45) is 0 Å². The summed E-state index contributed by atoms with van der Waals surface area (Å²) >= 11 is 0. The van der Waals surface area contributed by atoms with Crippen LogP contribution in [0.5, 0.6) is 0 Å². The fraction of sp³-hybridized carbons (Fsp3) is 0.235. The van der Waals surface area contributed by atoms with E-state index in [0.717, 1.165) is 17.7 Å². The largest absolute Gasteiger partial charge is 0.395 e. The molecule has 2 aromatic carbocycles. The summed E-state index contributed by atoms with van der Waals surface area (Å²) in [7, 11) is 0. The molecule has 0 radical (unpaired) electrons. The van der Waals surface area contributed by atoms with Crippen LogP contribution in [0.15, 0.2) is 48.5 Å². The Hall–Kier alpha value is -2.31. The maximum atomic E-state index is 13.1. The first-order valence-electron chi connectivity index (χ1n) is 7.20. The van der Waals surface area contributed by atoms with Crippen molar-refractivity contribution < 1.29 is 18.7 Å². The van der Waals surface area contributed by atoms with Gasteiger partial charge in [0.1, 0.15) is 0 Å². The third-order valence-electron chi connectivity index (χ3n) is 3.24. The van der Waals surface area contributed by atoms with Gasteiger partial charge in [-0.25, -0.2) is 8.78 Å². The maximum Gasteiger partial charge on any atom is 0.238 e. The van der Waals surface area contributed by atoms with E-state index >= 15 is 0 Å². The number of aliphatic hydroxyl groups excluding tert-OH is 1. The number of hydrogen-bond donors (Lipinski definition) is 2. The van der Waals surface area contributed by atoms with Crippen LogP contribution < -0.4 is 5.32 Å². The molecule has 0 aliphatic heterocycles. The molecule has 0 atom stereocenters. The molecule has 0 aromatic heterocycles. The number of halogens is 2. The van der Waals surface area contributed by atoms with Crippen molar-refractivity contribution in [3.05, 3.63) is 65.7 Å². The lowest BCUT2D eigenvalue weighted by atomic mass is 10.2. The van der Waals surface area contributed by atoms with E-state index in [0.29, 0.717) is 13.1 Å². The molecule has 6 heteroatoms. The summed E-state index contributed by atoms with van der Waals surface area (Å²) in [4.78, 5) is 13.8. The van der Waals surface area contributed by atoms with E-state index in [1.165, 1.54) is 6.07 Å². The third-order valence-corrected chi connectivity index (χ3v) is 3.24. The normalized spacial score (nSPS) is 10.8. The van der Waals surface area contributed by atoms with Crippen LogP contribution in [0.2, 0.25) is 0 Å². The zero-order valence-corrected chi connectivity index (χ0v) is 12.5. The van der Waals surface area contributed by atoms with Gasteiger partial charge in [0.15, 0.2) is 11.6 Å². The van der Waals surface area contributed by atoms with Gasteiger partial charge in [0.2, 0.25) is 5.91 Å². The van der Waals surface area contributed by atoms with Crippen LogP contribution >= 0.6 is 0 Å². The molecule has 0 fully saturated rings. The third kappa shape index (κ3) is 5.43. The van der Waals surface area contributed by atoms with E-state index in [4.69, 9.17) is 5.11 Å². The van der Waals surface area contributed by atoms with Crippen molar-refractivity contribution >= 4 is 11.6 Å². The number of rotatable bonds is 7. The Balaban J connectivity index is 1.95. The molecule has 2 aromatic rings. The van der Waals surface area contributed by atoms with Crippen molar-refractivity contribution in [1.29, 1.82) is 0 Å². The number of carbonyl (C=O) groups excluding carboxylic acids is 1. The summed E-state index contributed by atoms with van der Waals surface area (Å²) in [6.07, 6.45) is 0. The predicted octanol–water partition coefficient (Wildman–Crippen LogP) is 2.40. The second-order valence-electron chi connectivity index (χ2n) is 5.10. The minimum Gasteiger partial charge on any atom is -0.395 e. The first kappa shape index (κ1) is 17.1. The molecule has 0 spiro atoms. The zero-order chi connectivity index (χ0) is 16.7. The first-order valence-corrected chi connectivity index (χ1v) is 7.20. The van der Waals surface area contributed by atoms with Crippen molar-refractivity contribution in [3.63, 3.8) is 0 Å². The Morgan fingerprint density at radius 3 is 2.48 bits per heavy atom. The van der Waals surface area contributed by atoms with Crippen molar-refractivity contribution in [3.8, 4) is 0 Å². The standard InChI is InChI=1S/C17H18F2N2O2/c18-15-7-6-14(10-16(15)19)20-17(23)12-21(8-9-22)11-13-4-2-1-3-5-13/h1-7,10,22H,8-9,11-12H2,(H,20,23). The molecule has 0 heterocycles. The molecule has 23 heavy (non-hydrogen) atoms. The lowest BCUT2D eigenvalue weighted by Gasteiger charge is -2.20. The lowest BCUT2D eigenvalue weighted by Crippen LogP contribution is -2.34. The number of nitrogens with one attached hydrogen (secondary N) is 1. The first-order chi connectivity index (χ1) is 11.1. The van der Waals surface area contributed by atoms with E-state index < -0.39 is 11.6 Å². The van der Waals surface area contributed by atoms with E-state index in [9.17, 15) is 13.6 Å². The Kier molecular flexibility index (Phi) is 6.19. The van der Waals surface area contributed by atoms with Crippen LogP contribution in [-0.4, -0.2) is 35.6 Å². The van der Waals surface area contributed by atoms with E-state index in [1.807, 2.05) is 30.3 Å². The second kappa shape index (κ2) is 8.36. The average molecular weight is 320 g/mol. The van der Waals surface area contributed by atoms with Gasteiger partial charge in [-0.05, 0) is 17.7 Å². The van der Waals surface area contributed by atoms with Crippen LogP contribution in [0.3, 0.4) is 0 Å². The molecule has 0 aliphatic carbocycles. The molecular formula is C17H18F2N2O2. The minimum atomic E-state index is -1.01. The van der Waals surface area contributed by atoms with Crippen LogP contribution in [0, 0.1) is 11.6 Å². The highest BCUT2D eigenvalue weighted by Gasteiger charge is 2.12. The molecule has 0 aliphatic rings. The average Bonchev–Trinajstić information content (AvgIpc) is 2.52. The highest BCUT2D eigenvalue weighted by Crippen LogP contribution is 2.13. The van der Waals surface area contributed by atoms with Gasteiger partial charge in [-0.1, -0.05) is 30.3 Å². The summed E-state index contributed by atoms with van der Waals surface area (Å²) in [5, 5.41) is 11.6. The summed E-state index contributed by atoms with van der Waals surface area (Å²) in [6.45, 7) is 0.798. The topological polar surface area (TPSA) is 52.6 Å². The van der Waals surface area contributed by atoms with Gasteiger partial charge in [0.05, 0.1) is 13.2 Å². The number of hydrogen-bond acceptors (Lipinski definition) is 3. The highest BCUT2D eigenvalue weighted by molar-refractivity contribution is 5.92. The Morgan fingerprint density at radius 2 is 1.83 bits per heavy atom. The number of benzene rings is 2. The molecule has 0 saturated carbocycles. The molecule has 2 N–H and O–H groups in total. The molecule has 0 unspecified atom stereocenters. The number of aliphatic hydroxyl groups is 1. The highest BCUT2D eigenvalue weighted by atomic mass is 19.2. The van der Waals surface area contributed by atoms with Crippen molar-refractivity contribution in [1.82, 2.24) is 4.90 Å². The van der Waals surface area contributed by atoms with Crippen LogP contribution in [0.25, 0.3) is 0 Å². The van der Waals surface area contributed by atoms with E-state index in [1.54, 1.807) is 4.90 Å². The summed E-state index contributed by atoms with van der Waals surface area (Å²) in [5.41, 5.74) is 1.21. The van der Waals surface area contributed by atoms with Crippen LogP contribution in [0.1, 0.15) is 5.56 Å². The number of carbonyl (C=O) groups is 1. The fourth-order valence-electron chi connectivity index (χ4n) is 2.17. The van der Waals surface area contributed by atoms with Crippen LogP contribution in [-0.2, 0) is 11.3 Å². The SMILES string of the molecule is O=C(CN(CCO)Cc1ccccc1)Nc1ccc(F)c(F)c1. The lowest BCUT2D eigenvalue weighted by molar-refractivity contribution is -0.117. The van der Waals surface area contributed by atoms with Crippen molar-refractivity contribution in [2.75, 3.05) is 25.0 Å². The Labute approximate surface area is 133 Å². The number of nitrogens with zero attached hydrogens (tertiary/aromatic N) is 1. The van der Waals surface area contributed by atoms with Gasteiger partial charge in [-0.2, -0.15) is 0 Å². The molecular weight excluding hydrogens is 302 g/mol. The van der Waals surface area contributed by atoms with Gasteiger partial charge in [0.25, 0.3) is 0 Å². The van der Waals surface area contributed by atoms with Gasteiger partial charge in [-0.15, -0.1) is 0 Å². The zero-order valence-electron chi connectivity index (χ0n) is 12.5.